The molecular weight excluding hydrogens is 259 g/mol. The average Bonchev–Trinajstić information content (AvgIpc) is 2.53. The van der Waals surface area contributed by atoms with Crippen molar-refractivity contribution in [3.05, 3.63) is 34.6 Å². The van der Waals surface area contributed by atoms with Crippen LogP contribution in [0.5, 0.6) is 0 Å². The van der Waals surface area contributed by atoms with Gasteiger partial charge in [0.1, 0.15) is 5.82 Å². The summed E-state index contributed by atoms with van der Waals surface area (Å²) in [5.41, 5.74) is -0.131. The summed E-state index contributed by atoms with van der Waals surface area (Å²) >= 11 is 5.84. The van der Waals surface area contributed by atoms with Gasteiger partial charge in [0.25, 0.3) is 5.91 Å². The summed E-state index contributed by atoms with van der Waals surface area (Å²) in [6.45, 7) is 1.00. The molecule has 0 bridgehead atoms. The molecule has 96 valence electrons. The van der Waals surface area contributed by atoms with E-state index in [9.17, 15) is 14.0 Å². The van der Waals surface area contributed by atoms with E-state index >= 15 is 0 Å². The highest BCUT2D eigenvalue weighted by Crippen LogP contribution is 2.21. The number of benzene rings is 1. The molecule has 1 aromatic rings. The number of nitrogens with one attached hydrogen (secondary N) is 1. The number of hydrogen-bond acceptors (Lipinski definition) is 2. The maximum Gasteiger partial charge on any atom is 0.258 e. The lowest BCUT2D eigenvalue weighted by atomic mass is 10.1. The molecule has 0 atom stereocenters. The summed E-state index contributed by atoms with van der Waals surface area (Å²) in [6, 6.07) is 4.11. The van der Waals surface area contributed by atoms with E-state index in [0.29, 0.717) is 13.1 Å². The Labute approximate surface area is 109 Å². The van der Waals surface area contributed by atoms with Crippen LogP contribution in [0.4, 0.5) is 4.39 Å². The maximum absolute atomic E-state index is 13.6. The smallest absolute Gasteiger partial charge is 0.258 e. The summed E-state index contributed by atoms with van der Waals surface area (Å²) in [7, 11) is 0. The lowest BCUT2D eigenvalue weighted by Crippen LogP contribution is -2.34. The van der Waals surface area contributed by atoms with E-state index in [0.717, 1.165) is 0 Å². The van der Waals surface area contributed by atoms with Gasteiger partial charge in [-0.05, 0) is 12.1 Å². The first-order valence-corrected chi connectivity index (χ1v) is 5.97. The normalized spacial score (nSPS) is 16.1. The van der Waals surface area contributed by atoms with Crippen LogP contribution in [0.15, 0.2) is 18.2 Å². The molecule has 4 nitrogen and oxygen atoms in total. The summed E-state index contributed by atoms with van der Waals surface area (Å²) < 4.78 is 13.6. The molecule has 1 fully saturated rings. The monoisotopic (exact) mass is 270 g/mol. The standard InChI is InChI=1S/C12H12ClFN2O2/c13-8-2-1-3-9(14)11(8)12(18)16-6-4-10(17)15-5-7-16/h1-3H,4-7H2,(H,15,17). The van der Waals surface area contributed by atoms with Gasteiger partial charge in [-0.15, -0.1) is 0 Å². The molecule has 2 rings (SSSR count). The number of rotatable bonds is 1. The zero-order valence-electron chi connectivity index (χ0n) is 9.58. The molecule has 0 saturated carbocycles. The van der Waals surface area contributed by atoms with Crippen molar-refractivity contribution >= 4 is 23.4 Å². The van der Waals surface area contributed by atoms with Crippen molar-refractivity contribution in [3.8, 4) is 0 Å². The van der Waals surface area contributed by atoms with Gasteiger partial charge < -0.3 is 10.2 Å². The quantitative estimate of drug-likeness (QED) is 0.840. The highest BCUT2D eigenvalue weighted by atomic mass is 35.5. The second kappa shape index (κ2) is 5.35. The summed E-state index contributed by atoms with van der Waals surface area (Å²) in [5, 5.41) is 2.74. The summed E-state index contributed by atoms with van der Waals surface area (Å²) in [5.74, 6) is -1.23. The van der Waals surface area contributed by atoms with Crippen molar-refractivity contribution in [3.63, 3.8) is 0 Å². The van der Waals surface area contributed by atoms with Crippen LogP contribution in [0, 0.1) is 5.82 Å². The van der Waals surface area contributed by atoms with Crippen molar-refractivity contribution in [2.75, 3.05) is 19.6 Å². The minimum atomic E-state index is -0.643. The molecule has 1 heterocycles. The van der Waals surface area contributed by atoms with Crippen LogP contribution in [0.2, 0.25) is 5.02 Å². The summed E-state index contributed by atoms with van der Waals surface area (Å²) in [6.07, 6.45) is 0.220. The summed E-state index contributed by atoms with van der Waals surface area (Å²) in [4.78, 5) is 24.8. The second-order valence-corrected chi connectivity index (χ2v) is 4.40. The molecule has 6 heteroatoms. The lowest BCUT2D eigenvalue weighted by molar-refractivity contribution is -0.120. The lowest BCUT2D eigenvalue weighted by Gasteiger charge is -2.20. The largest absolute Gasteiger partial charge is 0.354 e. The average molecular weight is 271 g/mol. The third-order valence-electron chi connectivity index (χ3n) is 2.78. The molecule has 0 unspecified atom stereocenters. The van der Waals surface area contributed by atoms with Crippen LogP contribution in [0.3, 0.4) is 0 Å². The fourth-order valence-electron chi connectivity index (χ4n) is 1.83. The van der Waals surface area contributed by atoms with Gasteiger partial charge in [-0.1, -0.05) is 17.7 Å². The molecule has 0 spiro atoms. The van der Waals surface area contributed by atoms with E-state index < -0.39 is 11.7 Å². The van der Waals surface area contributed by atoms with Crippen molar-refractivity contribution in [1.82, 2.24) is 10.2 Å². The van der Waals surface area contributed by atoms with Crippen LogP contribution in [0.25, 0.3) is 0 Å². The fraction of sp³-hybridized carbons (Fsp3) is 0.333. The predicted molar refractivity (Wildman–Crippen MR) is 64.9 cm³/mol. The van der Waals surface area contributed by atoms with Crippen molar-refractivity contribution in [1.29, 1.82) is 0 Å². The fourth-order valence-corrected chi connectivity index (χ4v) is 2.07. The third-order valence-corrected chi connectivity index (χ3v) is 3.09. The van der Waals surface area contributed by atoms with Gasteiger partial charge in [-0.2, -0.15) is 0 Å². The van der Waals surface area contributed by atoms with Crippen LogP contribution in [0.1, 0.15) is 16.8 Å². The van der Waals surface area contributed by atoms with Gasteiger partial charge in [0, 0.05) is 26.1 Å². The van der Waals surface area contributed by atoms with Crippen LogP contribution >= 0.6 is 11.6 Å². The van der Waals surface area contributed by atoms with Gasteiger partial charge in [-0.3, -0.25) is 9.59 Å². The molecule has 18 heavy (non-hydrogen) atoms. The van der Waals surface area contributed by atoms with Gasteiger partial charge in [-0.25, -0.2) is 4.39 Å². The Bertz CT molecular complexity index is 473. The second-order valence-electron chi connectivity index (χ2n) is 3.99. The molecule has 0 radical (unpaired) electrons. The van der Waals surface area contributed by atoms with E-state index in [1.54, 1.807) is 0 Å². The van der Waals surface area contributed by atoms with E-state index in [1.165, 1.54) is 23.1 Å². The molecule has 0 aliphatic carbocycles. The van der Waals surface area contributed by atoms with Crippen molar-refractivity contribution in [2.24, 2.45) is 0 Å². The van der Waals surface area contributed by atoms with Gasteiger partial charge in [0.05, 0.1) is 10.6 Å². The molecule has 1 saturated heterocycles. The van der Waals surface area contributed by atoms with E-state index in [2.05, 4.69) is 5.32 Å². The van der Waals surface area contributed by atoms with E-state index in [4.69, 9.17) is 11.6 Å². The maximum atomic E-state index is 13.6. The van der Waals surface area contributed by atoms with Crippen LogP contribution in [-0.4, -0.2) is 36.3 Å². The minimum Gasteiger partial charge on any atom is -0.354 e. The first kappa shape index (κ1) is 12.8. The Balaban J connectivity index is 2.23. The third kappa shape index (κ3) is 2.61. The van der Waals surface area contributed by atoms with Crippen LogP contribution in [-0.2, 0) is 4.79 Å². The van der Waals surface area contributed by atoms with Gasteiger partial charge in [0.15, 0.2) is 0 Å². The Kier molecular flexibility index (Phi) is 3.81. The predicted octanol–water partition coefficient (Wildman–Crippen LogP) is 1.44. The Morgan fingerprint density at radius 3 is 2.89 bits per heavy atom. The molecule has 1 aromatic carbocycles. The highest BCUT2D eigenvalue weighted by Gasteiger charge is 2.24. The minimum absolute atomic E-state index is 0.0866. The number of amides is 2. The number of carbonyl (C=O) groups is 2. The number of carbonyl (C=O) groups excluding carboxylic acids is 2. The first-order chi connectivity index (χ1) is 8.59. The molecule has 2 amide bonds. The van der Waals surface area contributed by atoms with E-state index in [-0.39, 0.29) is 29.5 Å². The molecule has 1 aliphatic rings. The molecular formula is C12H12ClFN2O2. The Hall–Kier alpha value is -1.62. The topological polar surface area (TPSA) is 49.4 Å². The van der Waals surface area contributed by atoms with Crippen LogP contribution < -0.4 is 5.32 Å². The Morgan fingerprint density at radius 2 is 2.17 bits per heavy atom. The molecule has 0 aromatic heterocycles. The SMILES string of the molecule is O=C1CCN(C(=O)c2c(F)cccc2Cl)CCN1. The van der Waals surface area contributed by atoms with Gasteiger partial charge in [0.2, 0.25) is 5.91 Å². The number of nitrogens with zero attached hydrogens (tertiary/aromatic N) is 1. The number of halogens is 2. The van der Waals surface area contributed by atoms with E-state index in [1.807, 2.05) is 0 Å². The zero-order chi connectivity index (χ0) is 13.1. The first-order valence-electron chi connectivity index (χ1n) is 5.59. The molecule has 1 N–H and O–H groups in total. The Morgan fingerprint density at radius 1 is 1.39 bits per heavy atom. The van der Waals surface area contributed by atoms with Crippen molar-refractivity contribution < 1.29 is 14.0 Å². The zero-order valence-corrected chi connectivity index (χ0v) is 10.3. The van der Waals surface area contributed by atoms with Gasteiger partial charge >= 0.3 is 0 Å². The molecule has 1 aliphatic heterocycles. The highest BCUT2D eigenvalue weighted by molar-refractivity contribution is 6.33. The number of hydrogen-bond donors (Lipinski definition) is 1. The van der Waals surface area contributed by atoms with Crippen molar-refractivity contribution in [2.45, 2.75) is 6.42 Å².